The number of carbonyl (C=O) groups excluding carboxylic acids is 1. The van der Waals surface area contributed by atoms with E-state index < -0.39 is 23.5 Å². The Morgan fingerprint density at radius 2 is 1.32 bits per heavy atom. The predicted octanol–water partition coefficient (Wildman–Crippen LogP) is 4.78. The van der Waals surface area contributed by atoms with Crippen molar-refractivity contribution in [1.29, 1.82) is 0 Å². The molecule has 2 rings (SSSR count). The maximum Gasteiger partial charge on any atom is 0.338 e. The number of hydrogen-bond donors (Lipinski definition) is 2. The quantitative estimate of drug-likeness (QED) is 0.427. The molecule has 0 saturated carbocycles. The molecule has 0 bridgehead atoms. The van der Waals surface area contributed by atoms with E-state index in [4.69, 9.17) is 5.11 Å². The average molecular weight is 1090 g/mol. The first-order valence-corrected chi connectivity index (χ1v) is 27.0. The van der Waals surface area contributed by atoms with Crippen LogP contribution in [0.5, 0.6) is 0 Å². The Morgan fingerprint density at radius 1 is 0.964 bits per heavy atom. The molecule has 0 aliphatic heterocycles. The molecule has 0 aliphatic rings. The second-order valence-electron chi connectivity index (χ2n) is 4.19. The minimum absolute atomic E-state index is 0.0562. The van der Waals surface area contributed by atoms with Gasteiger partial charge in [-0.05, 0) is 36.4 Å². The summed E-state index contributed by atoms with van der Waals surface area (Å²) < 4.78 is 26.8. The molecule has 2 N–H and O–H groups in total. The van der Waals surface area contributed by atoms with E-state index in [1.807, 2.05) is 0 Å². The van der Waals surface area contributed by atoms with Crippen LogP contribution in [-0.2, 0) is 0 Å². The molecular formula is C15H11Br2F2I5NO3-. The van der Waals surface area contributed by atoms with Gasteiger partial charge < -0.3 is 10.4 Å². The third kappa shape index (κ3) is 14.0. The Balaban J connectivity index is 0. The molecule has 158 valence electrons. The van der Waals surface area contributed by atoms with Gasteiger partial charge >= 0.3 is 56.5 Å². The van der Waals surface area contributed by atoms with E-state index in [0.717, 1.165) is 6.07 Å². The molecule has 13 heteroatoms. The summed E-state index contributed by atoms with van der Waals surface area (Å²) in [6.07, 6.45) is 0. The van der Waals surface area contributed by atoms with E-state index in [0.29, 0.717) is 22.2 Å². The van der Waals surface area contributed by atoms with Gasteiger partial charge in [0.1, 0.15) is 11.6 Å². The number of carboxylic acid groups (broad SMARTS) is 1. The number of aromatic carboxylic acids is 1. The summed E-state index contributed by atoms with van der Waals surface area (Å²) in [6.45, 7) is 0. The number of amides is 1. The van der Waals surface area contributed by atoms with Gasteiger partial charge in [0.25, 0.3) is 5.91 Å². The number of benzene rings is 2. The Labute approximate surface area is 231 Å². The molecule has 0 heterocycles. The minimum Gasteiger partial charge on any atom is -0.478 e. The normalized spacial score (nSPS) is 8.89. The van der Waals surface area contributed by atoms with Crippen LogP contribution in [-0.4, -0.2) is 24.0 Å². The van der Waals surface area contributed by atoms with E-state index in [1.54, 1.807) is 6.07 Å². The summed E-state index contributed by atoms with van der Waals surface area (Å²) in [5, 5.41) is 10.7. The molecule has 0 unspecified atom stereocenters. The summed E-state index contributed by atoms with van der Waals surface area (Å²) in [5.74, 6) is -2.93. The van der Waals surface area contributed by atoms with Crippen molar-refractivity contribution >= 4 is 118 Å². The van der Waals surface area contributed by atoms with Crippen molar-refractivity contribution < 1.29 is 36.7 Å². The van der Waals surface area contributed by atoms with Gasteiger partial charge in [-0.2, -0.15) is 0 Å². The first-order valence-electron chi connectivity index (χ1n) is 6.54. The van der Waals surface area contributed by atoms with Crippen LogP contribution >= 0.6 is 106 Å². The molecule has 1 amide bonds. The molecule has 28 heavy (non-hydrogen) atoms. The van der Waals surface area contributed by atoms with Crippen LogP contribution < -0.4 is 18.6 Å². The molecule has 0 radical (unpaired) electrons. The number of nitrogens with one attached hydrogen (secondary N) is 1. The van der Waals surface area contributed by atoms with Crippen LogP contribution in [0.3, 0.4) is 0 Å². The van der Waals surface area contributed by atoms with Crippen LogP contribution in [0.15, 0.2) is 45.3 Å². The minimum atomic E-state index is -1.25. The summed E-state index contributed by atoms with van der Waals surface area (Å²) in [6, 6.07) is 8.11. The smallest absolute Gasteiger partial charge is 0.338 e. The first-order chi connectivity index (χ1) is 13.2. The standard InChI is InChI=1S/C8H7BrFNO.C7H4BrFO2.I3.I2/c1-11-8(12)6-3-2-5(9)4-7(6)10;8-4-1-2-5(7(10)11)6(9)3-4;1-3-2;1-2/h2-4H,1H3,(H,11,12);1-3H,(H,10,11);;/q;;-1;. The molecule has 0 aromatic heterocycles. The summed E-state index contributed by atoms with van der Waals surface area (Å²) in [4.78, 5) is 21.3. The number of rotatable bonds is 2. The monoisotopic (exact) mass is 1080 g/mol. The predicted molar refractivity (Wildman–Crippen MR) is 145 cm³/mol. The maximum atomic E-state index is 13.0. The largest absolute Gasteiger partial charge is 0.478 e. The van der Waals surface area contributed by atoms with Crippen molar-refractivity contribution in [2.45, 2.75) is 0 Å². The van der Waals surface area contributed by atoms with Crippen LogP contribution in [0, 0.1) is 11.6 Å². The Kier molecular flexibility index (Phi) is 22.3. The van der Waals surface area contributed by atoms with Gasteiger partial charge in [0.05, 0.1) is 11.1 Å². The third-order valence-corrected chi connectivity index (χ3v) is 3.55. The fraction of sp³-hybridized carbons (Fsp3) is 0.0667. The zero-order valence-electron chi connectivity index (χ0n) is 13.6. The number of hydrogen-bond acceptors (Lipinski definition) is 2. The van der Waals surface area contributed by atoms with Crippen molar-refractivity contribution in [3.8, 4) is 0 Å². The van der Waals surface area contributed by atoms with E-state index in [9.17, 15) is 18.4 Å². The van der Waals surface area contributed by atoms with Gasteiger partial charge in [-0.1, -0.05) is 31.9 Å². The van der Waals surface area contributed by atoms with Gasteiger partial charge in [-0.25, -0.2) is 13.6 Å². The fourth-order valence-corrected chi connectivity index (χ4v) is 2.14. The van der Waals surface area contributed by atoms with E-state index in [-0.39, 0.29) is 11.1 Å². The maximum absolute atomic E-state index is 13.0. The summed E-state index contributed by atoms with van der Waals surface area (Å²) in [5.41, 5.74) is -0.256. The molecule has 0 atom stereocenters. The SMILES string of the molecule is CNC(=O)c1ccc(Br)cc1F.II.I[I-]I.O=C(O)c1ccc(Br)cc1F. The van der Waals surface area contributed by atoms with Crippen molar-refractivity contribution in [3.05, 3.63) is 68.1 Å². The Bertz CT molecular complexity index is 772. The van der Waals surface area contributed by atoms with Gasteiger partial charge in [0.2, 0.25) is 0 Å². The van der Waals surface area contributed by atoms with E-state index in [1.165, 1.54) is 31.3 Å². The van der Waals surface area contributed by atoms with Gasteiger partial charge in [0, 0.05) is 53.2 Å². The summed E-state index contributed by atoms with van der Waals surface area (Å²) >= 11 is 15.6. The van der Waals surface area contributed by atoms with Gasteiger partial charge in [0.15, 0.2) is 0 Å². The van der Waals surface area contributed by atoms with Crippen molar-refractivity contribution in [1.82, 2.24) is 5.32 Å². The van der Waals surface area contributed by atoms with Crippen LogP contribution in [0.25, 0.3) is 0 Å². The van der Waals surface area contributed by atoms with Crippen molar-refractivity contribution in [2.24, 2.45) is 0 Å². The molecule has 0 saturated heterocycles. The van der Waals surface area contributed by atoms with Crippen LogP contribution in [0.4, 0.5) is 8.78 Å². The molecular weight excluding hydrogens is 1070 g/mol. The van der Waals surface area contributed by atoms with Crippen molar-refractivity contribution in [3.63, 3.8) is 0 Å². The molecule has 0 spiro atoms. The van der Waals surface area contributed by atoms with Gasteiger partial charge in [-0.3, -0.25) is 4.79 Å². The molecule has 0 aliphatic carbocycles. The van der Waals surface area contributed by atoms with Crippen LogP contribution in [0.2, 0.25) is 0 Å². The fourth-order valence-electron chi connectivity index (χ4n) is 1.47. The number of carbonyl (C=O) groups is 2. The second-order valence-corrected chi connectivity index (χ2v) is 22.3. The molecule has 2 aromatic rings. The Morgan fingerprint density at radius 3 is 1.61 bits per heavy atom. The van der Waals surface area contributed by atoms with E-state index in [2.05, 4.69) is 112 Å². The van der Waals surface area contributed by atoms with Crippen molar-refractivity contribution in [2.75, 3.05) is 7.05 Å². The van der Waals surface area contributed by atoms with Crippen LogP contribution in [0.1, 0.15) is 20.7 Å². The molecule has 2 aromatic carbocycles. The average Bonchev–Trinajstić information content (AvgIpc) is 2.63. The van der Waals surface area contributed by atoms with Gasteiger partial charge in [-0.15, -0.1) is 0 Å². The second kappa shape index (κ2) is 19.5. The topological polar surface area (TPSA) is 66.4 Å². The first kappa shape index (κ1) is 32.0. The van der Waals surface area contributed by atoms with E-state index >= 15 is 0 Å². The number of halogens is 9. The Hall–Kier alpha value is 1.85. The molecule has 4 nitrogen and oxygen atoms in total. The zero-order chi connectivity index (χ0) is 22.3. The molecule has 0 fully saturated rings. The zero-order valence-corrected chi connectivity index (χ0v) is 27.6. The summed E-state index contributed by atoms with van der Waals surface area (Å²) in [7, 11) is 1.46. The number of carboxylic acids is 1. The third-order valence-electron chi connectivity index (χ3n) is 2.56.